The number of nitrogens with two attached hydrogens (primary N) is 1. The minimum absolute atomic E-state index is 0.0714. The van der Waals surface area contributed by atoms with Crippen LogP contribution >= 0.6 is 0 Å². The van der Waals surface area contributed by atoms with Gasteiger partial charge in [0.25, 0.3) is 0 Å². The standard InChI is InChI=1S/C15H26N4/c1-6-11-8-7-9-19(11)13-10(2)12(16)17-14(18-13)15(3,4)5/h11H,6-9H2,1-5H3,(H2,16,17,18). The van der Waals surface area contributed by atoms with Crippen LogP contribution in [-0.4, -0.2) is 22.6 Å². The molecule has 1 atom stereocenters. The lowest BCUT2D eigenvalue weighted by Crippen LogP contribution is -2.31. The molecule has 1 saturated heterocycles. The monoisotopic (exact) mass is 262 g/mol. The molecule has 1 aromatic rings. The van der Waals surface area contributed by atoms with E-state index in [1.165, 1.54) is 12.8 Å². The number of rotatable bonds is 2. The largest absolute Gasteiger partial charge is 0.383 e. The van der Waals surface area contributed by atoms with Crippen molar-refractivity contribution in [2.24, 2.45) is 0 Å². The molecule has 1 aliphatic rings. The van der Waals surface area contributed by atoms with Gasteiger partial charge in [0.2, 0.25) is 0 Å². The zero-order chi connectivity index (χ0) is 14.2. The van der Waals surface area contributed by atoms with Crippen molar-refractivity contribution in [2.45, 2.75) is 65.3 Å². The van der Waals surface area contributed by atoms with Crippen LogP contribution in [0.2, 0.25) is 0 Å². The summed E-state index contributed by atoms with van der Waals surface area (Å²) in [5, 5.41) is 0. The van der Waals surface area contributed by atoms with Gasteiger partial charge >= 0.3 is 0 Å². The fourth-order valence-corrected chi connectivity index (χ4v) is 2.68. The number of nitrogens with zero attached hydrogens (tertiary/aromatic N) is 3. The minimum Gasteiger partial charge on any atom is -0.383 e. The van der Waals surface area contributed by atoms with Gasteiger partial charge in [-0.1, -0.05) is 27.7 Å². The van der Waals surface area contributed by atoms with E-state index in [1.54, 1.807) is 0 Å². The second-order valence-corrected chi connectivity index (χ2v) is 6.53. The van der Waals surface area contributed by atoms with Crippen LogP contribution in [0.5, 0.6) is 0 Å². The Morgan fingerprint density at radius 2 is 2.00 bits per heavy atom. The van der Waals surface area contributed by atoms with Gasteiger partial charge < -0.3 is 10.6 Å². The van der Waals surface area contributed by atoms with Crippen molar-refractivity contribution in [3.8, 4) is 0 Å². The molecular formula is C15H26N4. The summed E-state index contributed by atoms with van der Waals surface area (Å²) in [6.07, 6.45) is 3.66. The van der Waals surface area contributed by atoms with Crippen molar-refractivity contribution in [1.29, 1.82) is 0 Å². The predicted molar refractivity (Wildman–Crippen MR) is 80.5 cm³/mol. The second kappa shape index (κ2) is 4.99. The van der Waals surface area contributed by atoms with E-state index in [4.69, 9.17) is 10.7 Å². The van der Waals surface area contributed by atoms with Gasteiger partial charge in [-0.15, -0.1) is 0 Å². The fourth-order valence-electron chi connectivity index (χ4n) is 2.68. The van der Waals surface area contributed by atoms with E-state index in [-0.39, 0.29) is 5.41 Å². The summed E-state index contributed by atoms with van der Waals surface area (Å²) in [5.74, 6) is 2.51. The van der Waals surface area contributed by atoms with Gasteiger partial charge in [0.05, 0.1) is 0 Å². The first kappa shape index (κ1) is 14.1. The van der Waals surface area contributed by atoms with E-state index in [0.717, 1.165) is 30.2 Å². The molecule has 19 heavy (non-hydrogen) atoms. The Hall–Kier alpha value is -1.32. The van der Waals surface area contributed by atoms with Crippen LogP contribution in [0.15, 0.2) is 0 Å². The Morgan fingerprint density at radius 3 is 2.58 bits per heavy atom. The number of hydrogen-bond acceptors (Lipinski definition) is 4. The predicted octanol–water partition coefficient (Wildman–Crippen LogP) is 3.04. The fraction of sp³-hybridized carbons (Fsp3) is 0.733. The third-order valence-corrected chi connectivity index (χ3v) is 3.95. The van der Waals surface area contributed by atoms with Crippen LogP contribution in [0.3, 0.4) is 0 Å². The van der Waals surface area contributed by atoms with E-state index in [0.29, 0.717) is 11.9 Å². The molecular weight excluding hydrogens is 236 g/mol. The Kier molecular flexibility index (Phi) is 3.70. The van der Waals surface area contributed by atoms with E-state index in [1.807, 2.05) is 6.92 Å². The molecule has 4 nitrogen and oxygen atoms in total. The molecule has 1 aliphatic heterocycles. The number of hydrogen-bond donors (Lipinski definition) is 1. The highest BCUT2D eigenvalue weighted by atomic mass is 15.2. The van der Waals surface area contributed by atoms with Crippen molar-refractivity contribution in [1.82, 2.24) is 9.97 Å². The Bertz CT molecular complexity index is 462. The van der Waals surface area contributed by atoms with Gasteiger partial charge in [-0.25, -0.2) is 9.97 Å². The van der Waals surface area contributed by atoms with E-state index >= 15 is 0 Å². The van der Waals surface area contributed by atoms with Crippen LogP contribution in [0.1, 0.15) is 58.3 Å². The SMILES string of the molecule is CCC1CCCN1c1nc(C(C)(C)C)nc(N)c1C. The molecule has 2 N–H and O–H groups in total. The summed E-state index contributed by atoms with van der Waals surface area (Å²) in [5.41, 5.74) is 7.05. The third kappa shape index (κ3) is 2.67. The van der Waals surface area contributed by atoms with Gasteiger partial charge in [0.15, 0.2) is 0 Å². The molecule has 1 fully saturated rings. The highest BCUT2D eigenvalue weighted by molar-refractivity contribution is 5.58. The summed E-state index contributed by atoms with van der Waals surface area (Å²) in [6, 6.07) is 0.598. The first-order valence-corrected chi connectivity index (χ1v) is 7.25. The van der Waals surface area contributed by atoms with Gasteiger partial charge in [0.1, 0.15) is 17.5 Å². The summed E-state index contributed by atoms with van der Waals surface area (Å²) in [4.78, 5) is 11.7. The van der Waals surface area contributed by atoms with Crippen molar-refractivity contribution in [2.75, 3.05) is 17.2 Å². The molecule has 0 radical (unpaired) electrons. The maximum absolute atomic E-state index is 6.09. The zero-order valence-corrected chi connectivity index (χ0v) is 12.8. The summed E-state index contributed by atoms with van der Waals surface area (Å²) < 4.78 is 0. The second-order valence-electron chi connectivity index (χ2n) is 6.53. The first-order valence-electron chi connectivity index (χ1n) is 7.25. The van der Waals surface area contributed by atoms with Crippen LogP contribution in [0, 0.1) is 6.92 Å². The van der Waals surface area contributed by atoms with Crippen molar-refractivity contribution >= 4 is 11.6 Å². The van der Waals surface area contributed by atoms with Crippen LogP contribution in [0.25, 0.3) is 0 Å². The molecule has 0 aliphatic carbocycles. The maximum atomic E-state index is 6.09. The van der Waals surface area contributed by atoms with Crippen LogP contribution in [-0.2, 0) is 5.41 Å². The Morgan fingerprint density at radius 1 is 1.32 bits per heavy atom. The maximum Gasteiger partial charge on any atom is 0.138 e. The lowest BCUT2D eigenvalue weighted by Gasteiger charge is -2.28. The molecule has 0 amide bonds. The lowest BCUT2D eigenvalue weighted by atomic mass is 9.95. The quantitative estimate of drug-likeness (QED) is 0.890. The molecule has 106 valence electrons. The van der Waals surface area contributed by atoms with E-state index < -0.39 is 0 Å². The van der Waals surface area contributed by atoms with E-state index in [9.17, 15) is 0 Å². The number of aromatic nitrogens is 2. The lowest BCUT2D eigenvalue weighted by molar-refractivity contribution is 0.542. The van der Waals surface area contributed by atoms with Gasteiger partial charge in [-0.3, -0.25) is 0 Å². The smallest absolute Gasteiger partial charge is 0.138 e. The van der Waals surface area contributed by atoms with Crippen LogP contribution < -0.4 is 10.6 Å². The van der Waals surface area contributed by atoms with Crippen molar-refractivity contribution in [3.63, 3.8) is 0 Å². The average Bonchev–Trinajstić information content (AvgIpc) is 2.79. The van der Waals surface area contributed by atoms with Gasteiger partial charge in [-0.05, 0) is 26.2 Å². The summed E-state index contributed by atoms with van der Waals surface area (Å²) in [7, 11) is 0. The molecule has 2 heterocycles. The summed E-state index contributed by atoms with van der Waals surface area (Å²) in [6.45, 7) is 11.7. The molecule has 1 aromatic heterocycles. The van der Waals surface area contributed by atoms with Crippen LogP contribution in [0.4, 0.5) is 11.6 Å². The van der Waals surface area contributed by atoms with Gasteiger partial charge in [-0.2, -0.15) is 0 Å². The molecule has 4 heteroatoms. The molecule has 2 rings (SSSR count). The molecule has 1 unspecified atom stereocenters. The molecule has 0 aromatic carbocycles. The highest BCUT2D eigenvalue weighted by Gasteiger charge is 2.28. The Labute approximate surface area is 116 Å². The number of anilines is 2. The average molecular weight is 262 g/mol. The summed E-state index contributed by atoms with van der Waals surface area (Å²) >= 11 is 0. The van der Waals surface area contributed by atoms with Gasteiger partial charge in [0, 0.05) is 23.6 Å². The molecule has 0 bridgehead atoms. The molecule has 0 saturated carbocycles. The van der Waals surface area contributed by atoms with Crippen molar-refractivity contribution < 1.29 is 0 Å². The minimum atomic E-state index is -0.0714. The first-order chi connectivity index (χ1) is 8.84. The number of nitrogen functional groups attached to an aromatic ring is 1. The zero-order valence-electron chi connectivity index (χ0n) is 12.8. The Balaban J connectivity index is 2.47. The third-order valence-electron chi connectivity index (χ3n) is 3.95. The highest BCUT2D eigenvalue weighted by Crippen LogP contribution is 2.32. The van der Waals surface area contributed by atoms with E-state index in [2.05, 4.69) is 37.6 Å². The topological polar surface area (TPSA) is 55.0 Å². The normalized spacial score (nSPS) is 20.1. The van der Waals surface area contributed by atoms with Crippen molar-refractivity contribution in [3.05, 3.63) is 11.4 Å². The molecule has 0 spiro atoms.